The van der Waals surface area contributed by atoms with Crippen molar-refractivity contribution < 1.29 is 14.6 Å². The fourth-order valence-corrected chi connectivity index (χ4v) is 3.89. The van der Waals surface area contributed by atoms with E-state index in [1.165, 1.54) is 0 Å². The number of hydrogen-bond acceptors (Lipinski definition) is 4. The van der Waals surface area contributed by atoms with E-state index in [-0.39, 0.29) is 0 Å². The van der Waals surface area contributed by atoms with E-state index in [4.69, 9.17) is 4.74 Å². The van der Waals surface area contributed by atoms with Crippen LogP contribution in [-0.2, 0) is 10.4 Å². The second kappa shape index (κ2) is 10.8. The molecule has 4 aromatic rings. The van der Waals surface area contributed by atoms with E-state index in [0.29, 0.717) is 23.5 Å². The summed E-state index contributed by atoms with van der Waals surface area (Å²) in [5.74, 6) is 0.0568. The summed E-state index contributed by atoms with van der Waals surface area (Å²) in [4.78, 5) is 13.3. The first-order valence-corrected chi connectivity index (χ1v) is 11.5. The fourth-order valence-electron chi connectivity index (χ4n) is 3.89. The van der Waals surface area contributed by atoms with Gasteiger partial charge in [0.25, 0.3) is 5.91 Å². The van der Waals surface area contributed by atoms with Gasteiger partial charge in [-0.1, -0.05) is 104 Å². The van der Waals surface area contributed by atoms with Crippen molar-refractivity contribution in [1.29, 1.82) is 0 Å². The molecule has 0 aliphatic heterocycles. The second-order valence-electron chi connectivity index (χ2n) is 8.04. The van der Waals surface area contributed by atoms with Crippen LogP contribution in [0.3, 0.4) is 0 Å². The summed E-state index contributed by atoms with van der Waals surface area (Å²) in [5.41, 5.74) is 2.36. The number of nitrogens with zero attached hydrogens (tertiary/aromatic N) is 1. The monoisotopic (exact) mass is 452 g/mol. The minimum Gasteiger partial charge on any atom is -0.493 e. The number of hydrogen-bond donors (Lipinski definition) is 2. The van der Waals surface area contributed by atoms with Gasteiger partial charge in [-0.25, -0.2) is 5.43 Å². The molecule has 0 spiro atoms. The van der Waals surface area contributed by atoms with Crippen LogP contribution in [0.5, 0.6) is 5.75 Å². The molecule has 0 aliphatic rings. The van der Waals surface area contributed by atoms with Crippen molar-refractivity contribution in [3.05, 3.63) is 114 Å². The zero-order chi connectivity index (χ0) is 23.8. The Labute approximate surface area is 199 Å². The molecule has 4 rings (SSSR count). The van der Waals surface area contributed by atoms with Crippen molar-refractivity contribution in [3.8, 4) is 5.75 Å². The average molecular weight is 453 g/mol. The number of amides is 1. The van der Waals surface area contributed by atoms with Gasteiger partial charge in [-0.05, 0) is 34.4 Å². The normalized spacial score (nSPS) is 11.6. The highest BCUT2D eigenvalue weighted by Crippen LogP contribution is 2.30. The van der Waals surface area contributed by atoms with Gasteiger partial charge in [-0.2, -0.15) is 5.10 Å². The molecule has 0 aliphatic carbocycles. The largest absolute Gasteiger partial charge is 0.493 e. The van der Waals surface area contributed by atoms with Gasteiger partial charge in [0.2, 0.25) is 0 Å². The Morgan fingerprint density at radius 3 is 2.18 bits per heavy atom. The number of ether oxygens (including phenoxy) is 1. The van der Waals surface area contributed by atoms with Crippen LogP contribution < -0.4 is 10.2 Å². The predicted molar refractivity (Wildman–Crippen MR) is 136 cm³/mol. The Balaban J connectivity index is 1.66. The minimum atomic E-state index is -1.89. The number of unbranched alkanes of at least 4 members (excludes halogenated alkanes) is 1. The summed E-state index contributed by atoms with van der Waals surface area (Å²) in [7, 11) is 0. The smallest absolute Gasteiger partial charge is 0.281 e. The third-order valence-electron chi connectivity index (χ3n) is 5.76. The van der Waals surface area contributed by atoms with Crippen LogP contribution in [0.2, 0.25) is 0 Å². The highest BCUT2D eigenvalue weighted by Gasteiger charge is 2.39. The van der Waals surface area contributed by atoms with Crippen LogP contribution in [0.15, 0.2) is 102 Å². The molecule has 0 heterocycles. The van der Waals surface area contributed by atoms with Crippen molar-refractivity contribution in [2.45, 2.75) is 25.4 Å². The zero-order valence-corrected chi connectivity index (χ0v) is 19.1. The van der Waals surface area contributed by atoms with Crippen LogP contribution in [-0.4, -0.2) is 23.8 Å². The molecule has 0 aromatic heterocycles. The van der Waals surface area contributed by atoms with Crippen molar-refractivity contribution in [3.63, 3.8) is 0 Å². The van der Waals surface area contributed by atoms with Gasteiger partial charge < -0.3 is 9.84 Å². The first-order chi connectivity index (χ1) is 16.6. The van der Waals surface area contributed by atoms with Crippen molar-refractivity contribution >= 4 is 22.9 Å². The van der Waals surface area contributed by atoms with Crippen molar-refractivity contribution in [2.75, 3.05) is 6.61 Å². The lowest BCUT2D eigenvalue weighted by atomic mass is 9.85. The number of benzene rings is 4. The van der Waals surface area contributed by atoms with Crippen molar-refractivity contribution in [2.24, 2.45) is 5.10 Å². The van der Waals surface area contributed by atoms with E-state index in [9.17, 15) is 9.90 Å². The maximum Gasteiger partial charge on any atom is 0.281 e. The predicted octanol–water partition coefficient (Wildman–Crippen LogP) is 5.40. The number of aliphatic hydroxyl groups is 1. The number of nitrogens with one attached hydrogen (secondary N) is 1. The Bertz CT molecular complexity index is 1230. The van der Waals surface area contributed by atoms with Crippen LogP contribution in [0.4, 0.5) is 0 Å². The lowest BCUT2D eigenvalue weighted by Crippen LogP contribution is -2.43. The Kier molecular flexibility index (Phi) is 7.35. The lowest BCUT2D eigenvalue weighted by molar-refractivity contribution is -0.136. The molecular formula is C29H28N2O3. The van der Waals surface area contributed by atoms with Gasteiger partial charge in [-0.15, -0.1) is 0 Å². The second-order valence-corrected chi connectivity index (χ2v) is 8.04. The lowest BCUT2D eigenvalue weighted by Gasteiger charge is -2.27. The molecule has 0 radical (unpaired) electrons. The standard InChI is InChI=1S/C29H28N2O3/c1-2-3-20-34-27-19-18-22-12-10-11-17-25(22)26(27)21-30-31-28(32)29(33,23-13-6-4-7-14-23)24-15-8-5-9-16-24/h4-19,21,33H,2-3,20H2,1H3,(H,31,32)/b30-21-. The van der Waals surface area contributed by atoms with Crippen LogP contribution >= 0.6 is 0 Å². The quantitative estimate of drug-likeness (QED) is 0.203. The molecule has 5 heteroatoms. The first-order valence-electron chi connectivity index (χ1n) is 11.5. The molecule has 172 valence electrons. The van der Waals surface area contributed by atoms with E-state index >= 15 is 0 Å². The van der Waals surface area contributed by atoms with E-state index < -0.39 is 11.5 Å². The molecule has 0 fully saturated rings. The maximum absolute atomic E-state index is 13.3. The molecule has 0 unspecified atom stereocenters. The van der Waals surface area contributed by atoms with E-state index in [1.807, 2.05) is 48.5 Å². The SMILES string of the molecule is CCCCOc1ccc2ccccc2c1/C=N\NC(=O)C(O)(c1ccccc1)c1ccccc1. The molecule has 0 saturated heterocycles. The first kappa shape index (κ1) is 23.2. The highest BCUT2D eigenvalue weighted by molar-refractivity contribution is 6.03. The van der Waals surface area contributed by atoms with Gasteiger partial charge in [0.1, 0.15) is 5.75 Å². The molecule has 1 amide bonds. The Hall–Kier alpha value is -3.96. The van der Waals surface area contributed by atoms with E-state index in [2.05, 4.69) is 17.5 Å². The van der Waals surface area contributed by atoms with Crippen LogP contribution in [0.1, 0.15) is 36.5 Å². The van der Waals surface area contributed by atoms with Gasteiger partial charge in [0.15, 0.2) is 5.60 Å². The maximum atomic E-state index is 13.3. The number of carbonyl (C=O) groups excluding carboxylic acids is 1. The molecule has 2 N–H and O–H groups in total. The van der Waals surface area contributed by atoms with Crippen LogP contribution in [0, 0.1) is 0 Å². The van der Waals surface area contributed by atoms with E-state index in [1.54, 1.807) is 54.7 Å². The number of fused-ring (bicyclic) bond motifs is 1. The van der Waals surface area contributed by atoms with E-state index in [0.717, 1.165) is 29.2 Å². The molecule has 0 bridgehead atoms. The average Bonchev–Trinajstić information content (AvgIpc) is 2.90. The molecule has 0 atom stereocenters. The molecule has 0 saturated carbocycles. The topological polar surface area (TPSA) is 70.9 Å². The molecule has 4 aromatic carbocycles. The van der Waals surface area contributed by atoms with Gasteiger partial charge in [0, 0.05) is 5.56 Å². The van der Waals surface area contributed by atoms with Gasteiger partial charge in [0.05, 0.1) is 12.8 Å². The fraction of sp³-hybridized carbons (Fsp3) is 0.172. The molecule has 34 heavy (non-hydrogen) atoms. The molecule has 5 nitrogen and oxygen atoms in total. The summed E-state index contributed by atoms with van der Waals surface area (Å²) in [6.45, 7) is 2.71. The minimum absolute atomic E-state index is 0.461. The number of rotatable bonds is 9. The summed E-state index contributed by atoms with van der Waals surface area (Å²) < 4.78 is 6.00. The van der Waals surface area contributed by atoms with Crippen molar-refractivity contribution in [1.82, 2.24) is 5.43 Å². The highest BCUT2D eigenvalue weighted by atomic mass is 16.5. The number of carbonyl (C=O) groups is 1. The van der Waals surface area contributed by atoms with Gasteiger partial charge >= 0.3 is 0 Å². The molecular weight excluding hydrogens is 424 g/mol. The Morgan fingerprint density at radius 2 is 1.53 bits per heavy atom. The number of hydrazone groups is 1. The third-order valence-corrected chi connectivity index (χ3v) is 5.76. The zero-order valence-electron chi connectivity index (χ0n) is 19.1. The summed E-state index contributed by atoms with van der Waals surface area (Å²) in [6.07, 6.45) is 3.56. The summed E-state index contributed by atoms with van der Waals surface area (Å²) >= 11 is 0. The third kappa shape index (κ3) is 4.85. The summed E-state index contributed by atoms with van der Waals surface area (Å²) in [5, 5.41) is 17.8. The summed E-state index contributed by atoms with van der Waals surface area (Å²) in [6, 6.07) is 29.6. The Morgan fingerprint density at radius 1 is 0.912 bits per heavy atom. The van der Waals surface area contributed by atoms with Crippen LogP contribution in [0.25, 0.3) is 10.8 Å². The van der Waals surface area contributed by atoms with Gasteiger partial charge in [-0.3, -0.25) is 4.79 Å².